The van der Waals surface area contributed by atoms with Gasteiger partial charge in [-0.1, -0.05) is 0 Å². The predicted molar refractivity (Wildman–Crippen MR) is 77.3 cm³/mol. The number of carbonyl (C=O) groups excluding carboxylic acids is 1. The van der Waals surface area contributed by atoms with Crippen LogP contribution >= 0.6 is 15.9 Å². The number of benzene rings is 1. The summed E-state index contributed by atoms with van der Waals surface area (Å²) in [6.07, 6.45) is 1.59. The zero-order valence-electron chi connectivity index (χ0n) is 10.2. The number of halogens is 1. The van der Waals surface area contributed by atoms with Crippen LogP contribution in [0.5, 0.6) is 5.75 Å². The second-order valence-electron chi connectivity index (χ2n) is 3.75. The molecule has 1 aromatic carbocycles. The van der Waals surface area contributed by atoms with E-state index < -0.39 is 0 Å². The Labute approximate surface area is 118 Å². The zero-order valence-corrected chi connectivity index (χ0v) is 11.8. The van der Waals surface area contributed by atoms with Gasteiger partial charge in [0.15, 0.2) is 0 Å². The first-order valence-electron chi connectivity index (χ1n) is 5.47. The summed E-state index contributed by atoms with van der Waals surface area (Å²) in [4.78, 5) is 16.3. The topological polar surface area (TPSA) is 77.2 Å². The van der Waals surface area contributed by atoms with Crippen molar-refractivity contribution in [3.63, 3.8) is 0 Å². The van der Waals surface area contributed by atoms with Crippen LogP contribution in [0.3, 0.4) is 0 Å². The molecule has 0 fully saturated rings. The van der Waals surface area contributed by atoms with Gasteiger partial charge < -0.3 is 15.8 Å². The third kappa shape index (κ3) is 3.03. The first-order chi connectivity index (χ1) is 9.11. The molecule has 0 radical (unpaired) electrons. The molecule has 0 saturated carbocycles. The van der Waals surface area contributed by atoms with E-state index in [1.807, 2.05) is 0 Å². The Balaban J connectivity index is 2.30. The number of nitrogens with one attached hydrogen (secondary N) is 1. The van der Waals surface area contributed by atoms with Gasteiger partial charge in [0.25, 0.3) is 5.91 Å². The predicted octanol–water partition coefficient (Wildman–Crippen LogP) is 2.69. The van der Waals surface area contributed by atoms with Gasteiger partial charge in [-0.25, -0.2) is 4.98 Å². The lowest BCUT2D eigenvalue weighted by Crippen LogP contribution is -2.14. The van der Waals surface area contributed by atoms with E-state index in [1.165, 1.54) is 7.11 Å². The van der Waals surface area contributed by atoms with Crippen molar-refractivity contribution >= 4 is 33.3 Å². The number of hydrogen-bond donors (Lipinski definition) is 2. The Hall–Kier alpha value is -2.08. The van der Waals surface area contributed by atoms with E-state index in [0.717, 1.165) is 0 Å². The van der Waals surface area contributed by atoms with E-state index in [-0.39, 0.29) is 5.91 Å². The molecule has 5 nitrogen and oxygen atoms in total. The molecule has 2 rings (SSSR count). The first-order valence-corrected chi connectivity index (χ1v) is 6.26. The van der Waals surface area contributed by atoms with Crippen molar-refractivity contribution in [3.8, 4) is 5.75 Å². The summed E-state index contributed by atoms with van der Waals surface area (Å²) in [6.45, 7) is 0. The van der Waals surface area contributed by atoms with Crippen LogP contribution in [0.2, 0.25) is 0 Å². The average molecular weight is 322 g/mol. The number of nitrogens with two attached hydrogens (primary N) is 1. The van der Waals surface area contributed by atoms with Crippen molar-refractivity contribution < 1.29 is 9.53 Å². The van der Waals surface area contributed by atoms with E-state index >= 15 is 0 Å². The zero-order chi connectivity index (χ0) is 13.8. The second-order valence-corrected chi connectivity index (χ2v) is 4.60. The van der Waals surface area contributed by atoms with Gasteiger partial charge in [0.1, 0.15) is 11.6 Å². The third-order valence-corrected chi connectivity index (χ3v) is 3.10. The first kappa shape index (κ1) is 13.4. The van der Waals surface area contributed by atoms with Crippen LogP contribution in [0.25, 0.3) is 0 Å². The number of ether oxygens (including phenoxy) is 1. The molecular formula is C13H12BrN3O2. The smallest absolute Gasteiger partial charge is 0.260 e. The summed E-state index contributed by atoms with van der Waals surface area (Å²) in [7, 11) is 1.50. The number of amides is 1. The van der Waals surface area contributed by atoms with Crippen LogP contribution in [0.4, 0.5) is 11.5 Å². The standard InChI is InChI=1S/C13H12BrN3O2/c1-19-11-5-4-8(15)7-9(11)13(18)17-12-10(14)3-2-6-16-12/h2-7H,15H2,1H3,(H,16,17,18). The van der Waals surface area contributed by atoms with Gasteiger partial charge in [-0.15, -0.1) is 0 Å². The van der Waals surface area contributed by atoms with Crippen molar-refractivity contribution in [2.45, 2.75) is 0 Å². The molecule has 2 aromatic rings. The van der Waals surface area contributed by atoms with Crippen LogP contribution in [0.15, 0.2) is 41.0 Å². The molecular weight excluding hydrogens is 310 g/mol. The normalized spacial score (nSPS) is 10.0. The van der Waals surface area contributed by atoms with E-state index in [9.17, 15) is 4.79 Å². The molecule has 0 atom stereocenters. The SMILES string of the molecule is COc1ccc(N)cc1C(=O)Nc1ncccc1Br. The molecule has 98 valence electrons. The largest absolute Gasteiger partial charge is 0.496 e. The number of methoxy groups -OCH3 is 1. The van der Waals surface area contributed by atoms with Crippen molar-refractivity contribution in [2.75, 3.05) is 18.2 Å². The minimum Gasteiger partial charge on any atom is -0.496 e. The molecule has 0 saturated heterocycles. The fraction of sp³-hybridized carbons (Fsp3) is 0.0769. The Morgan fingerprint density at radius 2 is 2.21 bits per heavy atom. The molecule has 3 N–H and O–H groups in total. The number of hydrogen-bond acceptors (Lipinski definition) is 4. The fourth-order valence-corrected chi connectivity index (χ4v) is 1.91. The van der Waals surface area contributed by atoms with Gasteiger partial charge in [-0.3, -0.25) is 4.79 Å². The van der Waals surface area contributed by atoms with Gasteiger partial charge in [-0.05, 0) is 46.3 Å². The molecule has 0 bridgehead atoms. The summed E-state index contributed by atoms with van der Waals surface area (Å²) in [5.41, 5.74) is 6.54. The van der Waals surface area contributed by atoms with Crippen LogP contribution < -0.4 is 15.8 Å². The number of carbonyl (C=O) groups is 1. The van der Waals surface area contributed by atoms with Crippen molar-refractivity contribution in [1.29, 1.82) is 0 Å². The second kappa shape index (κ2) is 5.71. The van der Waals surface area contributed by atoms with Gasteiger partial charge >= 0.3 is 0 Å². The number of rotatable bonds is 3. The Morgan fingerprint density at radius 3 is 2.89 bits per heavy atom. The van der Waals surface area contributed by atoms with Crippen molar-refractivity contribution in [2.24, 2.45) is 0 Å². The van der Waals surface area contributed by atoms with E-state index in [0.29, 0.717) is 27.3 Å². The highest BCUT2D eigenvalue weighted by atomic mass is 79.9. The lowest BCUT2D eigenvalue weighted by atomic mass is 10.1. The summed E-state index contributed by atoms with van der Waals surface area (Å²) >= 11 is 3.31. The molecule has 0 spiro atoms. The highest BCUT2D eigenvalue weighted by Crippen LogP contribution is 2.24. The summed E-state index contributed by atoms with van der Waals surface area (Å²) in [5, 5.41) is 2.70. The number of aromatic nitrogens is 1. The van der Waals surface area contributed by atoms with E-state index in [1.54, 1.807) is 36.5 Å². The van der Waals surface area contributed by atoms with Gasteiger partial charge in [0.05, 0.1) is 17.1 Å². The van der Waals surface area contributed by atoms with Crippen LogP contribution in [-0.2, 0) is 0 Å². The fourth-order valence-electron chi connectivity index (χ4n) is 1.56. The van der Waals surface area contributed by atoms with Crippen LogP contribution in [-0.4, -0.2) is 18.0 Å². The summed E-state index contributed by atoms with van der Waals surface area (Å²) in [6, 6.07) is 8.44. The molecule has 1 aromatic heterocycles. The lowest BCUT2D eigenvalue weighted by molar-refractivity contribution is 0.102. The molecule has 6 heteroatoms. The maximum Gasteiger partial charge on any atom is 0.260 e. The summed E-state index contributed by atoms with van der Waals surface area (Å²) in [5.74, 6) is 0.569. The van der Waals surface area contributed by atoms with E-state index in [4.69, 9.17) is 10.5 Å². The maximum atomic E-state index is 12.2. The molecule has 1 amide bonds. The Bertz CT molecular complexity index is 617. The maximum absolute atomic E-state index is 12.2. The molecule has 0 aliphatic carbocycles. The lowest BCUT2D eigenvalue weighted by Gasteiger charge is -2.10. The minimum absolute atomic E-state index is 0.330. The number of nitrogen functional groups attached to an aromatic ring is 1. The molecule has 19 heavy (non-hydrogen) atoms. The molecule has 0 unspecified atom stereocenters. The Kier molecular flexibility index (Phi) is 4.01. The van der Waals surface area contributed by atoms with Gasteiger partial charge in [0.2, 0.25) is 0 Å². The quantitative estimate of drug-likeness (QED) is 0.852. The highest BCUT2D eigenvalue weighted by molar-refractivity contribution is 9.10. The number of anilines is 2. The molecule has 0 aliphatic rings. The third-order valence-electron chi connectivity index (χ3n) is 2.46. The minimum atomic E-state index is -0.330. The van der Waals surface area contributed by atoms with Crippen LogP contribution in [0.1, 0.15) is 10.4 Å². The monoisotopic (exact) mass is 321 g/mol. The molecule has 0 aliphatic heterocycles. The van der Waals surface area contributed by atoms with Crippen molar-refractivity contribution in [3.05, 3.63) is 46.6 Å². The van der Waals surface area contributed by atoms with Gasteiger partial charge in [0, 0.05) is 11.9 Å². The molecule has 1 heterocycles. The summed E-state index contributed by atoms with van der Waals surface area (Å²) < 4.78 is 5.84. The van der Waals surface area contributed by atoms with E-state index in [2.05, 4.69) is 26.2 Å². The Morgan fingerprint density at radius 1 is 1.42 bits per heavy atom. The van der Waals surface area contributed by atoms with Crippen LogP contribution in [0, 0.1) is 0 Å². The van der Waals surface area contributed by atoms with Crippen molar-refractivity contribution in [1.82, 2.24) is 4.98 Å². The number of nitrogens with zero attached hydrogens (tertiary/aromatic N) is 1. The van der Waals surface area contributed by atoms with Gasteiger partial charge in [-0.2, -0.15) is 0 Å². The number of pyridine rings is 1. The highest BCUT2D eigenvalue weighted by Gasteiger charge is 2.14. The average Bonchev–Trinajstić information content (AvgIpc) is 2.41.